The van der Waals surface area contributed by atoms with Crippen molar-refractivity contribution in [3.63, 3.8) is 0 Å². The van der Waals surface area contributed by atoms with Crippen LogP contribution in [-0.2, 0) is 11.2 Å². The summed E-state index contributed by atoms with van der Waals surface area (Å²) in [5.74, 6) is -0.433. The summed E-state index contributed by atoms with van der Waals surface area (Å²) in [6.45, 7) is 3.87. The van der Waals surface area contributed by atoms with E-state index in [0.717, 1.165) is 11.3 Å². The van der Waals surface area contributed by atoms with Gasteiger partial charge in [0.05, 0.1) is 12.1 Å². The first-order chi connectivity index (χ1) is 8.58. The third-order valence-electron chi connectivity index (χ3n) is 2.49. The van der Waals surface area contributed by atoms with E-state index >= 15 is 0 Å². The number of aryl methyl sites for hydroxylation is 1. The number of rotatable bonds is 3. The number of fused-ring (bicyclic) bond motifs is 1. The Balaban J connectivity index is 2.72. The molecule has 0 aliphatic carbocycles. The molecule has 2 N–H and O–H groups in total. The predicted octanol–water partition coefficient (Wildman–Crippen LogP) is 1.02. The van der Waals surface area contributed by atoms with E-state index in [9.17, 15) is 14.4 Å². The Bertz CT molecular complexity index is 710. The first kappa shape index (κ1) is 12.6. The third kappa shape index (κ3) is 1.97. The highest BCUT2D eigenvalue weighted by atomic mass is 32.1. The van der Waals surface area contributed by atoms with Gasteiger partial charge in [0.2, 0.25) is 0 Å². The van der Waals surface area contributed by atoms with E-state index in [1.807, 2.05) is 6.92 Å². The second-order valence-corrected chi connectivity index (χ2v) is 4.62. The normalized spacial score (nSPS) is 10.8. The van der Waals surface area contributed by atoms with E-state index in [1.54, 1.807) is 6.92 Å². The fraction of sp³-hybridized carbons (Fsp3) is 0.364. The number of esters is 1. The van der Waals surface area contributed by atoms with Gasteiger partial charge in [-0.1, -0.05) is 6.92 Å². The van der Waals surface area contributed by atoms with E-state index in [-0.39, 0.29) is 6.61 Å². The molecule has 2 rings (SSSR count). The van der Waals surface area contributed by atoms with Gasteiger partial charge in [-0.25, -0.2) is 4.79 Å². The van der Waals surface area contributed by atoms with Crippen molar-refractivity contribution in [2.45, 2.75) is 20.3 Å². The van der Waals surface area contributed by atoms with Crippen LogP contribution in [-0.4, -0.2) is 22.5 Å². The van der Waals surface area contributed by atoms with Crippen LogP contribution in [0.2, 0.25) is 0 Å². The Morgan fingerprint density at radius 2 is 1.89 bits per heavy atom. The van der Waals surface area contributed by atoms with Gasteiger partial charge >= 0.3 is 17.1 Å². The molecule has 0 aliphatic heterocycles. The number of hydrogen-bond donors (Lipinski definition) is 2. The highest BCUT2D eigenvalue weighted by Gasteiger charge is 2.19. The predicted molar refractivity (Wildman–Crippen MR) is 68.4 cm³/mol. The minimum absolute atomic E-state index is 0.281. The smallest absolute Gasteiger partial charge is 0.348 e. The van der Waals surface area contributed by atoms with Gasteiger partial charge in [-0.15, -0.1) is 11.3 Å². The molecular formula is C11H12N2O4S. The summed E-state index contributed by atoms with van der Waals surface area (Å²) < 4.78 is 4.95. The zero-order valence-corrected chi connectivity index (χ0v) is 10.8. The molecule has 0 amide bonds. The Kier molecular flexibility index (Phi) is 3.33. The maximum absolute atomic E-state index is 11.8. The van der Waals surface area contributed by atoms with Gasteiger partial charge in [-0.05, 0) is 13.3 Å². The zero-order valence-electron chi connectivity index (χ0n) is 9.96. The van der Waals surface area contributed by atoms with Crippen molar-refractivity contribution in [2.24, 2.45) is 0 Å². The SMILES string of the molecule is CCOC(=O)c1sc2[nH]c(=O)c(=O)[nH]c2c1CC. The summed E-state index contributed by atoms with van der Waals surface area (Å²) >= 11 is 1.12. The molecule has 6 nitrogen and oxygen atoms in total. The molecule has 2 aromatic rings. The number of carbonyl (C=O) groups excluding carboxylic acids is 1. The van der Waals surface area contributed by atoms with Crippen LogP contribution >= 0.6 is 11.3 Å². The fourth-order valence-electron chi connectivity index (χ4n) is 1.71. The van der Waals surface area contributed by atoms with Crippen molar-refractivity contribution in [1.29, 1.82) is 0 Å². The van der Waals surface area contributed by atoms with Crippen molar-refractivity contribution in [3.8, 4) is 0 Å². The summed E-state index contributed by atoms with van der Waals surface area (Å²) in [4.78, 5) is 40.2. The standard InChI is InChI=1S/C11H12N2O4S/c1-3-5-6-10(13-9(15)8(14)12-6)18-7(5)11(16)17-4-2/h3-4H2,1-2H3,(H,12,14)(H,13,15). The van der Waals surface area contributed by atoms with Crippen LogP contribution in [0.1, 0.15) is 29.1 Å². The van der Waals surface area contributed by atoms with Gasteiger partial charge in [0.15, 0.2) is 0 Å². The molecule has 0 radical (unpaired) electrons. The highest BCUT2D eigenvalue weighted by molar-refractivity contribution is 7.20. The molecule has 0 saturated heterocycles. The lowest BCUT2D eigenvalue weighted by molar-refractivity contribution is 0.0531. The molecule has 2 heterocycles. The topological polar surface area (TPSA) is 92.0 Å². The number of carbonyl (C=O) groups is 1. The summed E-state index contributed by atoms with van der Waals surface area (Å²) in [5.41, 5.74) is -0.232. The molecule has 0 aromatic carbocycles. The largest absolute Gasteiger partial charge is 0.462 e. The fourth-order valence-corrected chi connectivity index (χ4v) is 2.85. The van der Waals surface area contributed by atoms with Gasteiger partial charge in [-0.3, -0.25) is 9.59 Å². The first-order valence-corrected chi connectivity index (χ1v) is 6.35. The number of aromatic amines is 2. The summed E-state index contributed by atoms with van der Waals surface area (Å²) in [6.07, 6.45) is 0.566. The quantitative estimate of drug-likeness (QED) is 0.642. The van der Waals surface area contributed by atoms with Crippen molar-refractivity contribution in [1.82, 2.24) is 9.97 Å². The average Bonchev–Trinajstić information content (AvgIpc) is 2.68. The van der Waals surface area contributed by atoms with Crippen LogP contribution < -0.4 is 11.1 Å². The van der Waals surface area contributed by atoms with E-state index in [2.05, 4.69) is 9.97 Å². The van der Waals surface area contributed by atoms with Gasteiger partial charge in [0, 0.05) is 5.56 Å². The Morgan fingerprint density at radius 1 is 1.22 bits per heavy atom. The number of hydrogen-bond acceptors (Lipinski definition) is 5. The molecule has 0 saturated carbocycles. The van der Waals surface area contributed by atoms with Crippen molar-refractivity contribution in [3.05, 3.63) is 31.1 Å². The van der Waals surface area contributed by atoms with Gasteiger partial charge in [0.1, 0.15) is 9.71 Å². The van der Waals surface area contributed by atoms with E-state index < -0.39 is 17.1 Å². The summed E-state index contributed by atoms with van der Waals surface area (Å²) in [6, 6.07) is 0. The van der Waals surface area contributed by atoms with Crippen LogP contribution in [0.5, 0.6) is 0 Å². The number of ether oxygens (including phenoxy) is 1. The van der Waals surface area contributed by atoms with Gasteiger partial charge < -0.3 is 14.7 Å². The molecule has 0 fully saturated rings. The lowest BCUT2D eigenvalue weighted by Crippen LogP contribution is -2.28. The van der Waals surface area contributed by atoms with Gasteiger partial charge in [-0.2, -0.15) is 0 Å². The monoisotopic (exact) mass is 268 g/mol. The number of aromatic nitrogens is 2. The molecule has 96 valence electrons. The van der Waals surface area contributed by atoms with Crippen molar-refractivity contribution < 1.29 is 9.53 Å². The van der Waals surface area contributed by atoms with E-state index in [4.69, 9.17) is 4.74 Å². The minimum atomic E-state index is -0.721. The molecular weight excluding hydrogens is 256 g/mol. The third-order valence-corrected chi connectivity index (χ3v) is 3.62. The van der Waals surface area contributed by atoms with Crippen LogP contribution in [0.4, 0.5) is 0 Å². The second kappa shape index (κ2) is 4.77. The molecule has 0 aliphatic rings. The Morgan fingerprint density at radius 3 is 2.50 bits per heavy atom. The van der Waals surface area contributed by atoms with Gasteiger partial charge in [0.25, 0.3) is 0 Å². The molecule has 0 bridgehead atoms. The number of nitrogens with one attached hydrogen (secondary N) is 2. The molecule has 0 atom stereocenters. The maximum Gasteiger partial charge on any atom is 0.348 e. The second-order valence-electron chi connectivity index (χ2n) is 3.60. The first-order valence-electron chi connectivity index (χ1n) is 5.53. The maximum atomic E-state index is 11.8. The van der Waals surface area contributed by atoms with E-state index in [1.165, 1.54) is 0 Å². The minimum Gasteiger partial charge on any atom is -0.462 e. The van der Waals surface area contributed by atoms with Crippen LogP contribution in [0.15, 0.2) is 9.59 Å². The molecule has 2 aromatic heterocycles. The number of thiophene rings is 1. The van der Waals surface area contributed by atoms with E-state index in [0.29, 0.717) is 27.2 Å². The van der Waals surface area contributed by atoms with Crippen LogP contribution in [0.25, 0.3) is 10.3 Å². The molecule has 0 unspecified atom stereocenters. The van der Waals surface area contributed by atoms with Crippen LogP contribution in [0.3, 0.4) is 0 Å². The summed E-state index contributed by atoms with van der Waals surface area (Å²) in [5, 5.41) is 0. The molecule has 0 spiro atoms. The Hall–Kier alpha value is -1.89. The average molecular weight is 268 g/mol. The molecule has 18 heavy (non-hydrogen) atoms. The lowest BCUT2D eigenvalue weighted by Gasteiger charge is -2.00. The van der Waals surface area contributed by atoms with Crippen molar-refractivity contribution in [2.75, 3.05) is 6.61 Å². The van der Waals surface area contributed by atoms with Crippen LogP contribution in [0, 0.1) is 0 Å². The highest BCUT2D eigenvalue weighted by Crippen LogP contribution is 2.28. The van der Waals surface area contributed by atoms with Crippen molar-refractivity contribution >= 4 is 27.7 Å². The lowest BCUT2D eigenvalue weighted by atomic mass is 10.2. The Labute approximate surface area is 106 Å². The number of H-pyrrole nitrogens is 2. The molecule has 7 heteroatoms. The zero-order chi connectivity index (χ0) is 13.3. The summed E-state index contributed by atoms with van der Waals surface area (Å²) in [7, 11) is 0.